The van der Waals surface area contributed by atoms with E-state index < -0.39 is 0 Å². The van der Waals surface area contributed by atoms with Crippen LogP contribution in [0.15, 0.2) is 35.9 Å². The zero-order valence-corrected chi connectivity index (χ0v) is 9.77. The van der Waals surface area contributed by atoms with Crippen molar-refractivity contribution < 1.29 is 9.53 Å². The molecule has 0 unspecified atom stereocenters. The first-order valence-electron chi connectivity index (χ1n) is 5.66. The molecule has 1 aromatic carbocycles. The van der Waals surface area contributed by atoms with Crippen molar-refractivity contribution in [2.75, 3.05) is 7.11 Å². The first kappa shape index (κ1) is 11.5. The first-order valence-corrected chi connectivity index (χ1v) is 5.66. The fraction of sp³-hybridized carbons (Fsp3) is 0.267. The second-order valence-electron chi connectivity index (χ2n) is 4.00. The van der Waals surface area contributed by atoms with Crippen molar-refractivity contribution in [1.29, 1.82) is 0 Å². The largest absolute Gasteiger partial charge is 0.465 e. The van der Waals surface area contributed by atoms with Gasteiger partial charge in [0.15, 0.2) is 0 Å². The van der Waals surface area contributed by atoms with Crippen LogP contribution in [0.5, 0.6) is 0 Å². The monoisotopic (exact) mass is 226 g/mol. The Balaban J connectivity index is 2.23. The second kappa shape index (κ2) is 5.36. The van der Waals surface area contributed by atoms with Crippen LogP contribution in [-0.4, -0.2) is 13.1 Å². The number of rotatable bonds is 2. The quantitative estimate of drug-likeness (QED) is 0.440. The molecule has 0 atom stereocenters. The van der Waals surface area contributed by atoms with E-state index in [4.69, 9.17) is 4.74 Å². The summed E-state index contributed by atoms with van der Waals surface area (Å²) < 4.78 is 4.73. The van der Waals surface area contributed by atoms with Gasteiger partial charge >= 0.3 is 5.97 Å². The minimum absolute atomic E-state index is 0.373. The molecule has 1 aromatic rings. The third kappa shape index (κ3) is 3.49. The van der Waals surface area contributed by atoms with Gasteiger partial charge < -0.3 is 4.74 Å². The Bertz CT molecular complexity index is 485. The maximum absolute atomic E-state index is 11.6. The summed E-state index contributed by atoms with van der Waals surface area (Å²) in [7, 11) is 1.37. The van der Waals surface area contributed by atoms with Crippen LogP contribution in [0.1, 0.15) is 18.4 Å². The summed E-state index contributed by atoms with van der Waals surface area (Å²) in [5.41, 5.74) is 1.38. The summed E-state index contributed by atoms with van der Waals surface area (Å²) in [5.74, 6) is 6.09. The summed E-state index contributed by atoms with van der Waals surface area (Å²) in [4.78, 5) is 11.6. The molecule has 0 spiro atoms. The van der Waals surface area contributed by atoms with E-state index in [2.05, 4.69) is 11.8 Å². The number of esters is 1. The number of carbonyl (C=O) groups excluding carboxylic acids is 1. The van der Waals surface area contributed by atoms with Gasteiger partial charge in [0.1, 0.15) is 5.57 Å². The molecule has 0 N–H and O–H groups in total. The van der Waals surface area contributed by atoms with Gasteiger partial charge in [0, 0.05) is 5.92 Å². The summed E-state index contributed by atoms with van der Waals surface area (Å²) in [6, 6.07) is 9.65. The summed E-state index contributed by atoms with van der Waals surface area (Å²) in [6.45, 7) is 0. The van der Waals surface area contributed by atoms with Gasteiger partial charge in [-0.1, -0.05) is 42.2 Å². The zero-order valence-electron chi connectivity index (χ0n) is 9.77. The van der Waals surface area contributed by atoms with Crippen LogP contribution in [0, 0.1) is 17.8 Å². The lowest BCUT2D eigenvalue weighted by molar-refractivity contribution is -0.135. The van der Waals surface area contributed by atoms with E-state index in [1.165, 1.54) is 7.11 Å². The smallest absolute Gasteiger partial charge is 0.346 e. The van der Waals surface area contributed by atoms with Crippen LogP contribution < -0.4 is 0 Å². The highest BCUT2D eigenvalue weighted by molar-refractivity contribution is 5.98. The van der Waals surface area contributed by atoms with E-state index in [9.17, 15) is 4.79 Å². The average Bonchev–Trinajstić information content (AvgIpc) is 3.19. The lowest BCUT2D eigenvalue weighted by Gasteiger charge is -1.98. The lowest BCUT2D eigenvalue weighted by Crippen LogP contribution is -2.02. The first-order chi connectivity index (χ1) is 8.29. The molecule has 2 nitrogen and oxygen atoms in total. The molecule has 17 heavy (non-hydrogen) atoms. The van der Waals surface area contributed by atoms with Crippen molar-refractivity contribution in [2.24, 2.45) is 5.92 Å². The van der Waals surface area contributed by atoms with Crippen LogP contribution >= 0.6 is 0 Å². The molecule has 0 radical (unpaired) electrons. The molecular weight excluding hydrogens is 212 g/mol. The highest BCUT2D eigenvalue weighted by Crippen LogP contribution is 2.27. The number of hydrogen-bond acceptors (Lipinski definition) is 2. The third-order valence-corrected chi connectivity index (χ3v) is 2.50. The predicted molar refractivity (Wildman–Crippen MR) is 66.9 cm³/mol. The molecule has 1 fully saturated rings. The van der Waals surface area contributed by atoms with Crippen molar-refractivity contribution in [1.82, 2.24) is 0 Å². The molecule has 1 aliphatic rings. The Labute approximate surface area is 101 Å². The highest BCUT2D eigenvalue weighted by atomic mass is 16.5. The molecule has 0 aromatic heterocycles. The van der Waals surface area contributed by atoms with E-state index in [1.807, 2.05) is 30.3 Å². The van der Waals surface area contributed by atoms with Crippen LogP contribution in [0.25, 0.3) is 6.08 Å². The van der Waals surface area contributed by atoms with Gasteiger partial charge in [-0.2, -0.15) is 0 Å². The zero-order chi connectivity index (χ0) is 12.1. The van der Waals surface area contributed by atoms with Crippen LogP contribution in [0.2, 0.25) is 0 Å². The Kier molecular flexibility index (Phi) is 3.62. The van der Waals surface area contributed by atoms with E-state index in [1.54, 1.807) is 6.08 Å². The van der Waals surface area contributed by atoms with E-state index in [-0.39, 0.29) is 5.97 Å². The summed E-state index contributed by atoms with van der Waals surface area (Å²) in [6.07, 6.45) is 4.06. The Morgan fingerprint density at radius 2 is 2.06 bits per heavy atom. The van der Waals surface area contributed by atoms with Crippen LogP contribution in [-0.2, 0) is 9.53 Å². The van der Waals surface area contributed by atoms with Gasteiger partial charge in [0.25, 0.3) is 0 Å². The molecular formula is C15H14O2. The van der Waals surface area contributed by atoms with Crippen molar-refractivity contribution in [3.8, 4) is 11.8 Å². The van der Waals surface area contributed by atoms with Crippen LogP contribution in [0.3, 0.4) is 0 Å². The number of carbonyl (C=O) groups is 1. The molecule has 0 saturated heterocycles. The minimum Gasteiger partial charge on any atom is -0.465 e. The summed E-state index contributed by atoms with van der Waals surface area (Å²) in [5, 5.41) is 0. The lowest BCUT2D eigenvalue weighted by atomic mass is 10.1. The third-order valence-electron chi connectivity index (χ3n) is 2.50. The maximum Gasteiger partial charge on any atom is 0.346 e. The van der Waals surface area contributed by atoms with Gasteiger partial charge in [-0.15, -0.1) is 0 Å². The molecule has 1 aliphatic carbocycles. The van der Waals surface area contributed by atoms with Crippen molar-refractivity contribution in [2.45, 2.75) is 12.8 Å². The van der Waals surface area contributed by atoms with Gasteiger partial charge in [-0.25, -0.2) is 4.79 Å². The van der Waals surface area contributed by atoms with E-state index in [0.29, 0.717) is 11.5 Å². The average molecular weight is 226 g/mol. The number of methoxy groups -OCH3 is 1. The van der Waals surface area contributed by atoms with E-state index in [0.717, 1.165) is 18.4 Å². The topological polar surface area (TPSA) is 26.3 Å². The van der Waals surface area contributed by atoms with Gasteiger partial charge in [-0.3, -0.25) is 0 Å². The highest BCUT2D eigenvalue weighted by Gasteiger charge is 2.18. The Morgan fingerprint density at radius 3 is 2.65 bits per heavy atom. The number of benzene rings is 1. The van der Waals surface area contributed by atoms with E-state index >= 15 is 0 Å². The second-order valence-corrected chi connectivity index (χ2v) is 4.00. The normalized spacial score (nSPS) is 14.8. The molecule has 0 aliphatic heterocycles. The molecule has 2 rings (SSSR count). The Morgan fingerprint density at radius 1 is 1.35 bits per heavy atom. The number of ether oxygens (including phenoxy) is 1. The minimum atomic E-state index is -0.373. The molecule has 1 saturated carbocycles. The molecule has 86 valence electrons. The molecule has 2 heteroatoms. The van der Waals surface area contributed by atoms with Crippen molar-refractivity contribution in [3.05, 3.63) is 41.5 Å². The van der Waals surface area contributed by atoms with Crippen molar-refractivity contribution in [3.63, 3.8) is 0 Å². The fourth-order valence-electron chi connectivity index (χ4n) is 1.38. The van der Waals surface area contributed by atoms with Gasteiger partial charge in [-0.05, 0) is 24.5 Å². The van der Waals surface area contributed by atoms with Gasteiger partial charge in [0.2, 0.25) is 0 Å². The predicted octanol–water partition coefficient (Wildman–Crippen LogP) is 2.66. The molecule has 0 heterocycles. The number of hydrogen-bond donors (Lipinski definition) is 0. The molecule has 0 bridgehead atoms. The van der Waals surface area contributed by atoms with Gasteiger partial charge in [0.05, 0.1) is 7.11 Å². The SMILES string of the molecule is COC(=O)C(C#CC1CC1)=Cc1ccccc1. The van der Waals surface area contributed by atoms with Crippen LogP contribution in [0.4, 0.5) is 0 Å². The van der Waals surface area contributed by atoms with Crippen molar-refractivity contribution >= 4 is 12.0 Å². The maximum atomic E-state index is 11.6. The molecule has 0 amide bonds. The standard InChI is InChI=1S/C15H14O2/c1-17-15(16)14(10-9-12-7-8-12)11-13-5-3-2-4-6-13/h2-6,11-12H,7-8H2,1H3. The fourth-order valence-corrected chi connectivity index (χ4v) is 1.38. The Hall–Kier alpha value is -2.01. The summed E-state index contributed by atoms with van der Waals surface area (Å²) >= 11 is 0.